The first-order valence-corrected chi connectivity index (χ1v) is 4.85. The van der Waals surface area contributed by atoms with E-state index in [0.29, 0.717) is 13.2 Å². The standard InChI is InChI=1S/C11H16FNO2/c1-9(13-15-7-6-14-2)10-4-3-5-11(12)8-10/h3-5,8-9,13H,6-7H2,1-2H3. The summed E-state index contributed by atoms with van der Waals surface area (Å²) in [6.07, 6.45) is 0. The summed E-state index contributed by atoms with van der Waals surface area (Å²) in [5, 5.41) is 0. The van der Waals surface area contributed by atoms with Gasteiger partial charge < -0.3 is 4.74 Å². The SMILES string of the molecule is COCCONC(C)c1cccc(F)c1. The van der Waals surface area contributed by atoms with Gasteiger partial charge in [-0.1, -0.05) is 12.1 Å². The second-order valence-corrected chi connectivity index (χ2v) is 3.24. The first kappa shape index (κ1) is 12.1. The molecule has 4 heteroatoms. The number of hydroxylamine groups is 1. The molecule has 0 heterocycles. The Morgan fingerprint density at radius 1 is 1.40 bits per heavy atom. The van der Waals surface area contributed by atoms with E-state index < -0.39 is 0 Å². The average molecular weight is 213 g/mol. The van der Waals surface area contributed by atoms with Gasteiger partial charge in [0.15, 0.2) is 0 Å². The van der Waals surface area contributed by atoms with Crippen LogP contribution in [0, 0.1) is 5.82 Å². The average Bonchev–Trinajstić information content (AvgIpc) is 2.24. The topological polar surface area (TPSA) is 30.5 Å². The van der Waals surface area contributed by atoms with Crippen LogP contribution in [-0.4, -0.2) is 20.3 Å². The van der Waals surface area contributed by atoms with Crippen LogP contribution in [0.4, 0.5) is 4.39 Å². The maximum Gasteiger partial charge on any atom is 0.123 e. The lowest BCUT2D eigenvalue weighted by Gasteiger charge is -2.13. The zero-order valence-corrected chi connectivity index (χ0v) is 9.00. The maximum atomic E-state index is 12.9. The van der Waals surface area contributed by atoms with Gasteiger partial charge in [0.05, 0.1) is 19.3 Å². The zero-order chi connectivity index (χ0) is 11.1. The van der Waals surface area contributed by atoms with Crippen LogP contribution in [0.5, 0.6) is 0 Å². The second kappa shape index (κ2) is 6.50. The molecule has 1 N–H and O–H groups in total. The fourth-order valence-corrected chi connectivity index (χ4v) is 1.15. The molecule has 0 radical (unpaired) electrons. The Morgan fingerprint density at radius 2 is 2.20 bits per heavy atom. The van der Waals surface area contributed by atoms with Gasteiger partial charge in [0.2, 0.25) is 0 Å². The van der Waals surface area contributed by atoms with Crippen molar-refractivity contribution in [2.75, 3.05) is 20.3 Å². The molecule has 84 valence electrons. The summed E-state index contributed by atoms with van der Waals surface area (Å²) in [7, 11) is 1.61. The van der Waals surface area contributed by atoms with Crippen LogP contribution in [0.3, 0.4) is 0 Å². The first-order valence-electron chi connectivity index (χ1n) is 4.85. The van der Waals surface area contributed by atoms with Crippen LogP contribution in [0.2, 0.25) is 0 Å². The summed E-state index contributed by atoms with van der Waals surface area (Å²) in [5.74, 6) is -0.238. The molecule has 1 unspecified atom stereocenters. The van der Waals surface area contributed by atoms with E-state index in [1.807, 2.05) is 13.0 Å². The molecule has 1 atom stereocenters. The third-order valence-corrected chi connectivity index (χ3v) is 2.00. The molecule has 0 aliphatic heterocycles. The Bertz CT molecular complexity index is 294. The highest BCUT2D eigenvalue weighted by Gasteiger charge is 2.05. The third-order valence-electron chi connectivity index (χ3n) is 2.00. The van der Waals surface area contributed by atoms with E-state index >= 15 is 0 Å². The molecule has 1 rings (SSSR count). The lowest BCUT2D eigenvalue weighted by Crippen LogP contribution is -2.21. The van der Waals surface area contributed by atoms with Crippen molar-refractivity contribution in [3.63, 3.8) is 0 Å². The number of hydrogen-bond acceptors (Lipinski definition) is 3. The fourth-order valence-electron chi connectivity index (χ4n) is 1.15. The van der Waals surface area contributed by atoms with E-state index in [-0.39, 0.29) is 11.9 Å². The Morgan fingerprint density at radius 3 is 2.87 bits per heavy atom. The van der Waals surface area contributed by atoms with Crippen LogP contribution in [0.15, 0.2) is 24.3 Å². The van der Waals surface area contributed by atoms with Crippen LogP contribution in [0.1, 0.15) is 18.5 Å². The Labute approximate surface area is 89.2 Å². The van der Waals surface area contributed by atoms with Crippen LogP contribution in [-0.2, 0) is 9.57 Å². The molecule has 0 saturated carbocycles. The smallest absolute Gasteiger partial charge is 0.123 e. The van der Waals surface area contributed by atoms with Gasteiger partial charge in [-0.15, -0.1) is 0 Å². The van der Waals surface area contributed by atoms with Gasteiger partial charge in [0, 0.05) is 7.11 Å². The Balaban J connectivity index is 2.36. The van der Waals surface area contributed by atoms with Crippen molar-refractivity contribution in [3.05, 3.63) is 35.6 Å². The van der Waals surface area contributed by atoms with E-state index in [1.165, 1.54) is 12.1 Å². The van der Waals surface area contributed by atoms with E-state index in [0.717, 1.165) is 5.56 Å². The number of hydrogen-bond donors (Lipinski definition) is 1. The molecule has 0 spiro atoms. The Kier molecular flexibility index (Phi) is 5.25. The molecule has 0 aromatic heterocycles. The third kappa shape index (κ3) is 4.38. The summed E-state index contributed by atoms with van der Waals surface area (Å²) in [5.41, 5.74) is 3.67. The molecular weight excluding hydrogens is 197 g/mol. The van der Waals surface area contributed by atoms with Gasteiger partial charge in [-0.25, -0.2) is 4.39 Å². The number of nitrogens with one attached hydrogen (secondary N) is 1. The molecule has 1 aromatic rings. The maximum absolute atomic E-state index is 12.9. The van der Waals surface area contributed by atoms with Crippen molar-refractivity contribution in [3.8, 4) is 0 Å². The lowest BCUT2D eigenvalue weighted by atomic mass is 10.1. The molecule has 1 aromatic carbocycles. The van der Waals surface area contributed by atoms with Crippen molar-refractivity contribution < 1.29 is 14.0 Å². The van der Waals surface area contributed by atoms with E-state index in [2.05, 4.69) is 5.48 Å². The summed E-state index contributed by atoms with van der Waals surface area (Å²) in [4.78, 5) is 5.13. The van der Waals surface area contributed by atoms with E-state index in [1.54, 1.807) is 13.2 Å². The van der Waals surface area contributed by atoms with Crippen molar-refractivity contribution in [1.29, 1.82) is 0 Å². The van der Waals surface area contributed by atoms with Crippen LogP contribution >= 0.6 is 0 Å². The lowest BCUT2D eigenvalue weighted by molar-refractivity contribution is -0.00928. The zero-order valence-electron chi connectivity index (χ0n) is 9.00. The highest BCUT2D eigenvalue weighted by atomic mass is 19.1. The highest BCUT2D eigenvalue weighted by molar-refractivity contribution is 5.19. The van der Waals surface area contributed by atoms with E-state index in [9.17, 15) is 4.39 Å². The number of halogens is 1. The highest BCUT2D eigenvalue weighted by Crippen LogP contribution is 2.12. The largest absolute Gasteiger partial charge is 0.382 e. The van der Waals surface area contributed by atoms with Gasteiger partial charge in [-0.2, -0.15) is 5.48 Å². The van der Waals surface area contributed by atoms with Gasteiger partial charge >= 0.3 is 0 Å². The fraction of sp³-hybridized carbons (Fsp3) is 0.455. The summed E-state index contributed by atoms with van der Waals surface area (Å²) in [6, 6.07) is 6.38. The number of rotatable bonds is 6. The minimum absolute atomic E-state index is 0.0439. The summed E-state index contributed by atoms with van der Waals surface area (Å²) in [6.45, 7) is 2.90. The van der Waals surface area contributed by atoms with Crippen molar-refractivity contribution in [2.24, 2.45) is 0 Å². The molecule has 15 heavy (non-hydrogen) atoms. The molecule has 0 amide bonds. The predicted octanol–water partition coefficient (Wildman–Crippen LogP) is 2.05. The first-order chi connectivity index (χ1) is 7.24. The van der Waals surface area contributed by atoms with Gasteiger partial charge in [-0.05, 0) is 24.6 Å². The molecular formula is C11H16FNO2. The van der Waals surface area contributed by atoms with E-state index in [4.69, 9.17) is 9.57 Å². The van der Waals surface area contributed by atoms with Gasteiger partial charge in [0.1, 0.15) is 5.82 Å². The Hall–Kier alpha value is -0.970. The van der Waals surface area contributed by atoms with Crippen LogP contribution in [0.25, 0.3) is 0 Å². The molecule has 3 nitrogen and oxygen atoms in total. The van der Waals surface area contributed by atoms with Gasteiger partial charge in [0.25, 0.3) is 0 Å². The van der Waals surface area contributed by atoms with Gasteiger partial charge in [-0.3, -0.25) is 4.84 Å². The second-order valence-electron chi connectivity index (χ2n) is 3.24. The quantitative estimate of drug-likeness (QED) is 0.579. The normalized spacial score (nSPS) is 12.7. The summed E-state index contributed by atoms with van der Waals surface area (Å²) >= 11 is 0. The van der Waals surface area contributed by atoms with Crippen molar-refractivity contribution >= 4 is 0 Å². The molecule has 0 saturated heterocycles. The molecule has 0 fully saturated rings. The molecule has 0 aliphatic carbocycles. The summed E-state index contributed by atoms with van der Waals surface area (Å²) < 4.78 is 17.7. The number of benzene rings is 1. The molecule has 0 aliphatic rings. The van der Waals surface area contributed by atoms with Crippen molar-refractivity contribution in [2.45, 2.75) is 13.0 Å². The number of ether oxygens (including phenoxy) is 1. The minimum Gasteiger partial charge on any atom is -0.382 e. The van der Waals surface area contributed by atoms with Crippen LogP contribution < -0.4 is 5.48 Å². The number of methoxy groups -OCH3 is 1. The molecule has 0 bridgehead atoms. The minimum atomic E-state index is -0.238. The monoisotopic (exact) mass is 213 g/mol. The van der Waals surface area contributed by atoms with Crippen molar-refractivity contribution in [1.82, 2.24) is 5.48 Å². The predicted molar refractivity (Wildman–Crippen MR) is 55.8 cm³/mol.